The van der Waals surface area contributed by atoms with Crippen LogP contribution in [0.3, 0.4) is 0 Å². The smallest absolute Gasteiger partial charge is 0.292 e. The Hall–Kier alpha value is -2.15. The van der Waals surface area contributed by atoms with Crippen LogP contribution in [0.25, 0.3) is 0 Å². The minimum atomic E-state index is -0.425. The van der Waals surface area contributed by atoms with Gasteiger partial charge < -0.3 is 15.5 Å². The number of nitrogens with one attached hydrogen (secondary N) is 2. The van der Waals surface area contributed by atoms with Gasteiger partial charge in [0.15, 0.2) is 0 Å². The van der Waals surface area contributed by atoms with Gasteiger partial charge in [0.1, 0.15) is 5.69 Å². The Balaban J connectivity index is 2.40. The average Bonchev–Trinajstić information content (AvgIpc) is 2.34. The van der Waals surface area contributed by atoms with Crippen molar-refractivity contribution in [3.8, 4) is 0 Å². The van der Waals surface area contributed by atoms with E-state index in [2.05, 4.69) is 10.6 Å². The van der Waals surface area contributed by atoms with Crippen molar-refractivity contribution in [1.29, 1.82) is 0 Å². The first-order valence-electron chi connectivity index (χ1n) is 5.98. The van der Waals surface area contributed by atoms with Gasteiger partial charge in [0.05, 0.1) is 11.0 Å². The largest absolute Gasteiger partial charge is 0.363 e. The Kier molecular flexibility index (Phi) is 3.66. The second-order valence-electron chi connectivity index (χ2n) is 4.46. The van der Waals surface area contributed by atoms with Gasteiger partial charge in [0.25, 0.3) is 11.6 Å². The highest BCUT2D eigenvalue weighted by atomic mass is 16.6. The normalized spacial score (nSPS) is 14.6. The molecule has 7 heteroatoms. The molecule has 1 amide bonds. The first-order valence-corrected chi connectivity index (χ1v) is 5.98. The minimum absolute atomic E-state index is 0.0158. The summed E-state index contributed by atoms with van der Waals surface area (Å²) in [6, 6.07) is 4.63. The Morgan fingerprint density at radius 1 is 1.53 bits per heavy atom. The molecule has 0 aromatic heterocycles. The van der Waals surface area contributed by atoms with Crippen LogP contribution in [0.5, 0.6) is 0 Å². The lowest BCUT2D eigenvalue weighted by atomic mass is 10.1. The zero-order chi connectivity index (χ0) is 14.0. The predicted octanol–water partition coefficient (Wildman–Crippen LogP) is 0.362. The van der Waals surface area contributed by atoms with Crippen LogP contribution in [0.4, 0.5) is 11.4 Å². The molecule has 1 saturated heterocycles. The number of amides is 1. The van der Waals surface area contributed by atoms with Crippen LogP contribution in [0, 0.1) is 10.1 Å². The van der Waals surface area contributed by atoms with E-state index in [1.165, 1.54) is 19.2 Å². The first kappa shape index (κ1) is 13.3. The number of rotatable bonds is 4. The van der Waals surface area contributed by atoms with E-state index in [4.69, 9.17) is 0 Å². The first-order chi connectivity index (χ1) is 9.04. The van der Waals surface area contributed by atoms with Crippen molar-refractivity contribution < 1.29 is 9.72 Å². The van der Waals surface area contributed by atoms with E-state index < -0.39 is 4.92 Å². The lowest BCUT2D eigenvalue weighted by molar-refractivity contribution is -0.384. The van der Waals surface area contributed by atoms with E-state index in [1.807, 2.05) is 11.9 Å². The Morgan fingerprint density at radius 3 is 2.68 bits per heavy atom. The maximum Gasteiger partial charge on any atom is 0.292 e. The number of nitro benzene ring substituents is 1. The van der Waals surface area contributed by atoms with Gasteiger partial charge in [0, 0.05) is 38.8 Å². The lowest BCUT2D eigenvalue weighted by Crippen LogP contribution is -2.56. The maximum atomic E-state index is 11.6. The van der Waals surface area contributed by atoms with Crippen LogP contribution in [0.15, 0.2) is 18.2 Å². The molecule has 0 aliphatic carbocycles. The van der Waals surface area contributed by atoms with Gasteiger partial charge in [-0.05, 0) is 12.1 Å². The zero-order valence-corrected chi connectivity index (χ0v) is 10.8. The maximum absolute atomic E-state index is 11.6. The molecule has 1 aromatic rings. The fourth-order valence-corrected chi connectivity index (χ4v) is 1.99. The standard InChI is InChI=1S/C12H16N4O3/c1-13-12(17)8-3-4-10(16(18)19)11(5-8)15(2)9-6-14-7-9/h3-5,9,14H,6-7H2,1-2H3,(H,13,17). The summed E-state index contributed by atoms with van der Waals surface area (Å²) in [7, 11) is 3.34. The number of carbonyl (C=O) groups is 1. The molecule has 0 bridgehead atoms. The summed E-state index contributed by atoms with van der Waals surface area (Å²) in [5.74, 6) is -0.253. The second-order valence-corrected chi connectivity index (χ2v) is 4.46. The molecule has 1 heterocycles. The molecular formula is C12H16N4O3. The van der Waals surface area contributed by atoms with Crippen molar-refractivity contribution in [1.82, 2.24) is 10.6 Å². The summed E-state index contributed by atoms with van der Waals surface area (Å²) in [5, 5.41) is 16.7. The molecule has 2 N–H and O–H groups in total. The molecule has 102 valence electrons. The monoisotopic (exact) mass is 264 g/mol. The van der Waals surface area contributed by atoms with E-state index in [0.29, 0.717) is 11.3 Å². The number of nitrogens with zero attached hydrogens (tertiary/aromatic N) is 2. The zero-order valence-electron chi connectivity index (χ0n) is 10.8. The lowest BCUT2D eigenvalue weighted by Gasteiger charge is -2.36. The Labute approximate surface area is 110 Å². The van der Waals surface area contributed by atoms with Crippen LogP contribution >= 0.6 is 0 Å². The number of hydrogen-bond acceptors (Lipinski definition) is 5. The molecule has 1 aliphatic heterocycles. The summed E-state index contributed by atoms with van der Waals surface area (Å²) in [4.78, 5) is 24.1. The number of hydrogen-bond donors (Lipinski definition) is 2. The molecule has 0 spiro atoms. The topological polar surface area (TPSA) is 87.5 Å². The van der Waals surface area contributed by atoms with E-state index in [9.17, 15) is 14.9 Å². The molecule has 1 fully saturated rings. The number of carbonyl (C=O) groups excluding carboxylic acids is 1. The van der Waals surface area contributed by atoms with E-state index >= 15 is 0 Å². The fourth-order valence-electron chi connectivity index (χ4n) is 1.99. The van der Waals surface area contributed by atoms with E-state index in [-0.39, 0.29) is 17.6 Å². The van der Waals surface area contributed by atoms with Crippen LogP contribution in [0.2, 0.25) is 0 Å². The average molecular weight is 264 g/mol. The van der Waals surface area contributed by atoms with E-state index in [1.54, 1.807) is 6.07 Å². The molecule has 2 rings (SSSR count). The summed E-state index contributed by atoms with van der Waals surface area (Å²) in [6.07, 6.45) is 0. The highest BCUT2D eigenvalue weighted by Gasteiger charge is 2.27. The molecule has 1 aromatic carbocycles. The van der Waals surface area contributed by atoms with Gasteiger partial charge in [-0.2, -0.15) is 0 Å². The third-order valence-electron chi connectivity index (χ3n) is 3.35. The Bertz CT molecular complexity index is 514. The van der Waals surface area contributed by atoms with Gasteiger partial charge >= 0.3 is 0 Å². The van der Waals surface area contributed by atoms with Crippen molar-refractivity contribution in [2.45, 2.75) is 6.04 Å². The van der Waals surface area contributed by atoms with Crippen LogP contribution in [0.1, 0.15) is 10.4 Å². The van der Waals surface area contributed by atoms with Crippen molar-refractivity contribution in [2.24, 2.45) is 0 Å². The molecule has 0 radical (unpaired) electrons. The summed E-state index contributed by atoms with van der Waals surface area (Å²) >= 11 is 0. The second kappa shape index (κ2) is 5.23. The van der Waals surface area contributed by atoms with Crippen molar-refractivity contribution in [3.63, 3.8) is 0 Å². The van der Waals surface area contributed by atoms with Gasteiger partial charge in [-0.25, -0.2) is 0 Å². The third-order valence-corrected chi connectivity index (χ3v) is 3.35. The fraction of sp³-hybridized carbons (Fsp3) is 0.417. The summed E-state index contributed by atoms with van der Waals surface area (Å²) in [5.41, 5.74) is 0.905. The van der Waals surface area contributed by atoms with Crippen LogP contribution in [-0.2, 0) is 0 Å². The molecular weight excluding hydrogens is 248 g/mol. The number of likely N-dealkylation sites (N-methyl/N-ethyl adjacent to an activating group) is 1. The molecule has 7 nitrogen and oxygen atoms in total. The van der Waals surface area contributed by atoms with Crippen molar-refractivity contribution in [3.05, 3.63) is 33.9 Å². The van der Waals surface area contributed by atoms with Gasteiger partial charge in [-0.3, -0.25) is 14.9 Å². The SMILES string of the molecule is CNC(=O)c1ccc([N+](=O)[O-])c(N(C)C2CNC2)c1. The Morgan fingerprint density at radius 2 is 2.21 bits per heavy atom. The van der Waals surface area contributed by atoms with Crippen LogP contribution < -0.4 is 15.5 Å². The summed E-state index contributed by atoms with van der Waals surface area (Å²) in [6.45, 7) is 1.58. The van der Waals surface area contributed by atoms with Crippen molar-refractivity contribution >= 4 is 17.3 Å². The molecule has 0 unspecified atom stereocenters. The minimum Gasteiger partial charge on any atom is -0.363 e. The molecule has 0 atom stereocenters. The highest BCUT2D eigenvalue weighted by molar-refractivity contribution is 5.95. The molecule has 19 heavy (non-hydrogen) atoms. The highest BCUT2D eigenvalue weighted by Crippen LogP contribution is 2.30. The molecule has 1 aliphatic rings. The number of benzene rings is 1. The predicted molar refractivity (Wildman–Crippen MR) is 71.5 cm³/mol. The van der Waals surface area contributed by atoms with Gasteiger partial charge in [0.2, 0.25) is 0 Å². The van der Waals surface area contributed by atoms with Gasteiger partial charge in [-0.1, -0.05) is 0 Å². The summed E-state index contributed by atoms with van der Waals surface area (Å²) < 4.78 is 0. The van der Waals surface area contributed by atoms with Crippen LogP contribution in [-0.4, -0.2) is 44.1 Å². The number of nitro groups is 1. The number of anilines is 1. The van der Waals surface area contributed by atoms with E-state index in [0.717, 1.165) is 13.1 Å². The van der Waals surface area contributed by atoms with Gasteiger partial charge in [-0.15, -0.1) is 0 Å². The third kappa shape index (κ3) is 2.50. The molecule has 0 saturated carbocycles. The quantitative estimate of drug-likeness (QED) is 0.605. The van der Waals surface area contributed by atoms with Crippen molar-refractivity contribution in [2.75, 3.05) is 32.1 Å².